The zero-order valence-electron chi connectivity index (χ0n) is 31.1. The van der Waals surface area contributed by atoms with Crippen molar-refractivity contribution in [1.82, 2.24) is 9.55 Å². The normalized spacial score (nSPS) is 17.1. The summed E-state index contributed by atoms with van der Waals surface area (Å²) >= 11 is 0. The number of hydrogen-bond acceptors (Lipinski definition) is 10. The Morgan fingerprint density at radius 1 is 0.833 bits per heavy atom. The van der Waals surface area contributed by atoms with Gasteiger partial charge in [0.2, 0.25) is 0 Å². The number of carbonyl (C=O) groups excluding carboxylic acids is 2. The number of methoxy groups -OCH3 is 1. The molecular formula is C42H48N2O10. The van der Waals surface area contributed by atoms with Gasteiger partial charge in [0.25, 0.3) is 0 Å². The Bertz CT molecular complexity index is 1870. The average molecular weight is 741 g/mol. The lowest BCUT2D eigenvalue weighted by Crippen LogP contribution is -2.36. The average Bonchev–Trinajstić information content (AvgIpc) is 3.55. The standard InChI is InChI=1S/C42H48N2O10/c1-41(2,3)54-39(48)26-33-23-24-44(40(49)43-33)36-25-29(35(53-36)28-51-38(47)18-12-11-17-37(45)46)27-52-42(30-13-7-5-8-14-30,31-15-9-6-10-16-31)32-19-21-34(50-4)22-20-32/h5-10,13-16,19-24,29,35-36H,11-12,17-18,25-28H2,1-4H3,(H,45,46)/t29-,35-,36-/m1/s1. The summed E-state index contributed by atoms with van der Waals surface area (Å²) in [6.45, 7) is 5.34. The Kier molecular flexibility index (Phi) is 13.4. The van der Waals surface area contributed by atoms with Crippen LogP contribution in [0.2, 0.25) is 0 Å². The molecule has 4 aromatic rings. The highest BCUT2D eigenvalue weighted by atomic mass is 16.6. The number of nitrogens with zero attached hydrogens (tertiary/aromatic N) is 2. The molecule has 1 aromatic heterocycles. The molecule has 1 fully saturated rings. The van der Waals surface area contributed by atoms with Crippen LogP contribution in [-0.2, 0) is 45.4 Å². The summed E-state index contributed by atoms with van der Waals surface area (Å²) in [5.74, 6) is -1.55. The lowest BCUT2D eigenvalue weighted by molar-refractivity contribution is -0.154. The van der Waals surface area contributed by atoms with Gasteiger partial charge in [-0.3, -0.25) is 19.0 Å². The molecule has 3 atom stereocenters. The van der Waals surface area contributed by atoms with Gasteiger partial charge in [0.1, 0.15) is 29.8 Å². The largest absolute Gasteiger partial charge is 0.497 e. The monoisotopic (exact) mass is 740 g/mol. The third-order valence-electron chi connectivity index (χ3n) is 9.11. The minimum atomic E-state index is -1.07. The molecule has 0 radical (unpaired) electrons. The maximum atomic E-state index is 13.3. The predicted octanol–water partition coefficient (Wildman–Crippen LogP) is 6.24. The number of aromatic nitrogens is 2. The van der Waals surface area contributed by atoms with Crippen molar-refractivity contribution in [3.8, 4) is 5.75 Å². The van der Waals surface area contributed by atoms with Gasteiger partial charge in [-0.05, 0) is 68.5 Å². The minimum absolute atomic E-state index is 0.0295. The van der Waals surface area contributed by atoms with Crippen molar-refractivity contribution in [2.45, 2.75) is 82.8 Å². The van der Waals surface area contributed by atoms with E-state index < -0.39 is 47.1 Å². The van der Waals surface area contributed by atoms with Crippen LogP contribution in [0, 0.1) is 5.92 Å². The van der Waals surface area contributed by atoms with Gasteiger partial charge in [0.15, 0.2) is 0 Å². The fourth-order valence-corrected chi connectivity index (χ4v) is 6.55. The summed E-state index contributed by atoms with van der Waals surface area (Å²) < 4.78 is 31.4. The SMILES string of the molecule is COc1ccc(C(OC[C@H]2C[C@H](n3ccc(CC(=O)OC(C)(C)C)nc3=O)O[C@@H]2COC(=O)CCCCC(=O)O)(c2ccccc2)c2ccccc2)cc1. The molecule has 1 aliphatic rings. The van der Waals surface area contributed by atoms with Gasteiger partial charge in [-0.1, -0.05) is 72.8 Å². The Balaban J connectivity index is 1.43. The topological polar surface area (TPSA) is 152 Å². The van der Waals surface area contributed by atoms with Crippen LogP contribution >= 0.6 is 0 Å². The maximum absolute atomic E-state index is 13.3. The molecule has 1 saturated heterocycles. The maximum Gasteiger partial charge on any atom is 0.349 e. The lowest BCUT2D eigenvalue weighted by Gasteiger charge is -2.37. The van der Waals surface area contributed by atoms with E-state index in [2.05, 4.69) is 4.98 Å². The minimum Gasteiger partial charge on any atom is -0.497 e. The number of hydrogen-bond donors (Lipinski definition) is 1. The van der Waals surface area contributed by atoms with E-state index in [0.29, 0.717) is 25.0 Å². The highest BCUT2D eigenvalue weighted by Crippen LogP contribution is 2.43. The number of rotatable bonds is 17. The first kappa shape index (κ1) is 39.9. The van der Waals surface area contributed by atoms with E-state index in [1.165, 1.54) is 4.57 Å². The van der Waals surface area contributed by atoms with Crippen LogP contribution in [0.1, 0.15) is 81.5 Å². The Hall–Kier alpha value is -5.33. The van der Waals surface area contributed by atoms with Gasteiger partial charge in [0, 0.05) is 31.4 Å². The third-order valence-corrected chi connectivity index (χ3v) is 9.11. The molecular weight excluding hydrogens is 692 g/mol. The number of aliphatic carboxylic acids is 1. The molecule has 286 valence electrons. The number of carboxylic acids is 1. The van der Waals surface area contributed by atoms with Gasteiger partial charge < -0.3 is 28.8 Å². The Labute approximate surface area is 315 Å². The molecule has 0 unspecified atom stereocenters. The van der Waals surface area contributed by atoms with Crippen molar-refractivity contribution in [3.63, 3.8) is 0 Å². The molecule has 1 N–H and O–H groups in total. The molecule has 0 amide bonds. The van der Waals surface area contributed by atoms with Crippen LogP contribution in [0.3, 0.4) is 0 Å². The van der Waals surface area contributed by atoms with E-state index in [9.17, 15) is 19.2 Å². The van der Waals surface area contributed by atoms with Crippen LogP contribution in [0.15, 0.2) is 102 Å². The van der Waals surface area contributed by atoms with Gasteiger partial charge >= 0.3 is 23.6 Å². The van der Waals surface area contributed by atoms with Crippen molar-refractivity contribution in [1.29, 1.82) is 0 Å². The number of carboxylic acid groups (broad SMARTS) is 1. The molecule has 0 spiro atoms. The van der Waals surface area contributed by atoms with E-state index in [1.807, 2.05) is 84.9 Å². The van der Waals surface area contributed by atoms with Gasteiger partial charge in [-0.2, -0.15) is 4.98 Å². The highest BCUT2D eigenvalue weighted by Gasteiger charge is 2.43. The molecule has 12 nitrogen and oxygen atoms in total. The second kappa shape index (κ2) is 18.1. The number of ether oxygens (including phenoxy) is 5. The molecule has 12 heteroatoms. The van der Waals surface area contributed by atoms with Crippen molar-refractivity contribution in [2.75, 3.05) is 20.3 Å². The van der Waals surface area contributed by atoms with Crippen molar-refractivity contribution >= 4 is 17.9 Å². The van der Waals surface area contributed by atoms with E-state index in [-0.39, 0.29) is 44.1 Å². The molecule has 1 aliphatic heterocycles. The van der Waals surface area contributed by atoms with Crippen LogP contribution in [0.4, 0.5) is 0 Å². The predicted molar refractivity (Wildman–Crippen MR) is 199 cm³/mol. The first-order valence-electron chi connectivity index (χ1n) is 18.1. The zero-order chi connectivity index (χ0) is 38.7. The number of esters is 2. The molecule has 3 aromatic carbocycles. The van der Waals surface area contributed by atoms with E-state index >= 15 is 0 Å². The first-order chi connectivity index (χ1) is 25.9. The lowest BCUT2D eigenvalue weighted by atomic mass is 9.80. The van der Waals surface area contributed by atoms with Crippen molar-refractivity contribution in [2.24, 2.45) is 5.92 Å². The second-order valence-electron chi connectivity index (χ2n) is 14.2. The van der Waals surface area contributed by atoms with E-state index in [0.717, 1.165) is 16.7 Å². The van der Waals surface area contributed by atoms with Gasteiger partial charge in [-0.25, -0.2) is 4.79 Å². The summed E-state index contributed by atoms with van der Waals surface area (Å²) in [6, 6.07) is 29.1. The molecule has 0 aliphatic carbocycles. The van der Waals surface area contributed by atoms with Crippen LogP contribution in [0.5, 0.6) is 5.75 Å². The fourth-order valence-electron chi connectivity index (χ4n) is 6.55. The zero-order valence-corrected chi connectivity index (χ0v) is 31.1. The number of carbonyl (C=O) groups is 3. The van der Waals surface area contributed by atoms with Crippen molar-refractivity contribution in [3.05, 3.63) is 130 Å². The van der Waals surface area contributed by atoms with E-state index in [4.69, 9.17) is 28.8 Å². The summed E-state index contributed by atoms with van der Waals surface area (Å²) in [6.07, 6.45) is 1.06. The molecule has 5 rings (SSSR count). The molecule has 54 heavy (non-hydrogen) atoms. The molecule has 0 bridgehead atoms. The quantitative estimate of drug-likeness (QED) is 0.0744. The van der Waals surface area contributed by atoms with Crippen LogP contribution in [0.25, 0.3) is 0 Å². The number of benzene rings is 3. The fraction of sp³-hybridized carbons (Fsp3) is 0.405. The summed E-state index contributed by atoms with van der Waals surface area (Å²) in [5, 5.41) is 8.94. The van der Waals surface area contributed by atoms with Crippen LogP contribution < -0.4 is 10.4 Å². The number of unbranched alkanes of at least 4 members (excludes halogenated alkanes) is 1. The molecule has 0 saturated carbocycles. The molecule has 2 heterocycles. The Morgan fingerprint density at radius 2 is 1.44 bits per heavy atom. The van der Waals surface area contributed by atoms with Crippen LogP contribution in [-0.4, -0.2) is 64.6 Å². The second-order valence-corrected chi connectivity index (χ2v) is 14.2. The van der Waals surface area contributed by atoms with Gasteiger partial charge in [-0.15, -0.1) is 0 Å². The van der Waals surface area contributed by atoms with Crippen molar-refractivity contribution < 1.29 is 43.2 Å². The van der Waals surface area contributed by atoms with Gasteiger partial charge in [0.05, 0.1) is 31.9 Å². The highest BCUT2D eigenvalue weighted by molar-refractivity contribution is 5.72. The summed E-state index contributed by atoms with van der Waals surface area (Å²) in [5.41, 5.74) is 0.569. The summed E-state index contributed by atoms with van der Waals surface area (Å²) in [4.78, 5) is 53.5. The third kappa shape index (κ3) is 10.4. The smallest absolute Gasteiger partial charge is 0.349 e. The summed E-state index contributed by atoms with van der Waals surface area (Å²) in [7, 11) is 1.61. The first-order valence-corrected chi connectivity index (χ1v) is 18.1. The Morgan fingerprint density at radius 3 is 2.02 bits per heavy atom. The van der Waals surface area contributed by atoms with E-state index in [1.54, 1.807) is 40.1 Å².